The summed E-state index contributed by atoms with van der Waals surface area (Å²) in [6.45, 7) is 2.29. The predicted molar refractivity (Wildman–Crippen MR) is 161 cm³/mol. The Hall–Kier alpha value is -4.11. The quantitative estimate of drug-likeness (QED) is 0.162. The Bertz CT molecular complexity index is 1580. The molecule has 1 atom stereocenters. The van der Waals surface area contributed by atoms with Crippen LogP contribution in [0.3, 0.4) is 0 Å². The standard InChI is InChI=1S/C33H33FN4O3S/c1-22-29(31(39)41-26-15-6-3-7-16-26)30(24-14-10-17-27(19-24)40-20-23-11-4-2-5-12-23)38-32(35-22)36-33(37-38)42-21-25-13-8-9-18-28(25)34/h2,4-5,8-14,17-19,26,30H,3,6-7,15-16,20-21H2,1H3,(H,35,36,37). The molecule has 0 bridgehead atoms. The Labute approximate surface area is 249 Å². The maximum atomic E-state index is 14.3. The molecule has 0 amide bonds. The van der Waals surface area contributed by atoms with Crippen molar-refractivity contribution in [2.45, 2.75) is 68.7 Å². The molecule has 216 valence electrons. The number of hydrogen-bond acceptors (Lipinski definition) is 7. The zero-order chi connectivity index (χ0) is 28.9. The van der Waals surface area contributed by atoms with Gasteiger partial charge in [-0.25, -0.2) is 13.9 Å². The Morgan fingerprint density at radius 3 is 2.62 bits per heavy atom. The van der Waals surface area contributed by atoms with Crippen molar-refractivity contribution in [3.05, 3.63) is 113 Å². The number of halogens is 1. The smallest absolute Gasteiger partial charge is 0.338 e. The Morgan fingerprint density at radius 1 is 1.02 bits per heavy atom. The van der Waals surface area contributed by atoms with E-state index in [2.05, 4.69) is 5.32 Å². The second-order valence-corrected chi connectivity index (χ2v) is 11.6. The summed E-state index contributed by atoms with van der Waals surface area (Å²) in [6, 6.07) is 23.8. The van der Waals surface area contributed by atoms with E-state index in [1.807, 2.05) is 67.6 Å². The molecule has 3 aromatic carbocycles. The van der Waals surface area contributed by atoms with Gasteiger partial charge < -0.3 is 14.8 Å². The number of ether oxygens (including phenoxy) is 2. The zero-order valence-electron chi connectivity index (χ0n) is 23.5. The summed E-state index contributed by atoms with van der Waals surface area (Å²) in [6.07, 6.45) is 4.97. The molecule has 0 spiro atoms. The number of fused-ring (bicyclic) bond motifs is 1. The van der Waals surface area contributed by atoms with Crippen LogP contribution in [0.1, 0.15) is 61.8 Å². The van der Waals surface area contributed by atoms with Crippen LogP contribution in [0.15, 0.2) is 95.3 Å². The number of carbonyl (C=O) groups excluding carboxylic acids is 1. The minimum Gasteiger partial charge on any atom is -0.489 e. The summed E-state index contributed by atoms with van der Waals surface area (Å²) in [7, 11) is 0. The van der Waals surface area contributed by atoms with Crippen molar-refractivity contribution in [1.82, 2.24) is 14.8 Å². The highest BCUT2D eigenvalue weighted by molar-refractivity contribution is 7.98. The number of carbonyl (C=O) groups is 1. The van der Waals surface area contributed by atoms with Crippen molar-refractivity contribution >= 4 is 23.7 Å². The fourth-order valence-corrected chi connectivity index (χ4v) is 6.25. The number of hydrogen-bond donors (Lipinski definition) is 1. The second kappa shape index (κ2) is 12.8. The number of rotatable bonds is 9. The average molecular weight is 585 g/mol. The van der Waals surface area contributed by atoms with E-state index in [-0.39, 0.29) is 17.9 Å². The molecule has 6 rings (SSSR count). The van der Waals surface area contributed by atoms with Gasteiger partial charge in [-0.3, -0.25) is 0 Å². The normalized spacial score (nSPS) is 17.0. The lowest BCUT2D eigenvalue weighted by molar-refractivity contribution is -0.146. The van der Waals surface area contributed by atoms with Gasteiger partial charge in [-0.2, -0.15) is 4.98 Å². The molecule has 1 aromatic heterocycles. The van der Waals surface area contributed by atoms with Crippen molar-refractivity contribution in [2.24, 2.45) is 0 Å². The molecule has 0 radical (unpaired) electrons. The van der Waals surface area contributed by atoms with Crippen molar-refractivity contribution in [3.8, 4) is 5.75 Å². The number of benzene rings is 3. The van der Waals surface area contributed by atoms with Gasteiger partial charge in [-0.15, -0.1) is 5.10 Å². The molecule has 0 saturated heterocycles. The van der Waals surface area contributed by atoms with E-state index in [4.69, 9.17) is 19.6 Å². The van der Waals surface area contributed by atoms with Crippen molar-refractivity contribution in [3.63, 3.8) is 0 Å². The van der Waals surface area contributed by atoms with Crippen LogP contribution >= 0.6 is 11.8 Å². The van der Waals surface area contributed by atoms with Crippen LogP contribution in [-0.2, 0) is 21.9 Å². The first-order valence-electron chi connectivity index (χ1n) is 14.3. The lowest BCUT2D eigenvalue weighted by Gasteiger charge is -2.30. The van der Waals surface area contributed by atoms with Crippen LogP contribution in [0.25, 0.3) is 0 Å². The molecule has 4 aromatic rings. The van der Waals surface area contributed by atoms with Crippen LogP contribution in [0.5, 0.6) is 5.75 Å². The molecule has 1 unspecified atom stereocenters. The lowest BCUT2D eigenvalue weighted by atomic mass is 9.94. The van der Waals surface area contributed by atoms with Crippen LogP contribution in [-0.4, -0.2) is 26.8 Å². The molecule has 1 fully saturated rings. The SMILES string of the molecule is CC1=C(C(=O)OC2CCCCC2)C(c2cccc(OCc3ccccc3)c2)n2nc(SCc3ccccc3F)nc2N1. The lowest BCUT2D eigenvalue weighted by Crippen LogP contribution is -2.32. The van der Waals surface area contributed by atoms with Gasteiger partial charge in [-0.1, -0.05) is 78.8 Å². The Balaban J connectivity index is 1.31. The number of allylic oxidation sites excluding steroid dienone is 1. The summed E-state index contributed by atoms with van der Waals surface area (Å²) in [5, 5.41) is 8.54. The summed E-state index contributed by atoms with van der Waals surface area (Å²) in [5.74, 6) is 0.963. The number of aromatic nitrogens is 3. The predicted octanol–water partition coefficient (Wildman–Crippen LogP) is 7.45. The Morgan fingerprint density at radius 2 is 1.81 bits per heavy atom. The molecule has 7 nitrogen and oxygen atoms in total. The summed E-state index contributed by atoms with van der Waals surface area (Å²) in [4.78, 5) is 18.5. The number of anilines is 1. The van der Waals surface area contributed by atoms with Gasteiger partial charge in [0.05, 0.1) is 5.57 Å². The van der Waals surface area contributed by atoms with Crippen molar-refractivity contribution in [2.75, 3.05) is 5.32 Å². The summed E-state index contributed by atoms with van der Waals surface area (Å²) < 4.78 is 28.2. The minimum absolute atomic E-state index is 0.0863. The van der Waals surface area contributed by atoms with Crippen LogP contribution in [0.4, 0.5) is 10.3 Å². The monoisotopic (exact) mass is 584 g/mol. The first-order chi connectivity index (χ1) is 20.5. The fourth-order valence-electron chi connectivity index (χ4n) is 5.44. The largest absolute Gasteiger partial charge is 0.489 e. The molecule has 9 heteroatoms. The average Bonchev–Trinajstić information content (AvgIpc) is 3.42. The maximum Gasteiger partial charge on any atom is 0.338 e. The highest BCUT2D eigenvalue weighted by atomic mass is 32.2. The highest BCUT2D eigenvalue weighted by Crippen LogP contribution is 2.39. The first kappa shape index (κ1) is 28.0. The molecular weight excluding hydrogens is 551 g/mol. The third-order valence-electron chi connectivity index (χ3n) is 7.62. The zero-order valence-corrected chi connectivity index (χ0v) is 24.3. The summed E-state index contributed by atoms with van der Waals surface area (Å²) >= 11 is 1.34. The van der Waals surface area contributed by atoms with E-state index in [9.17, 15) is 9.18 Å². The molecule has 2 heterocycles. The third kappa shape index (κ3) is 6.36. The van der Waals surface area contributed by atoms with Gasteiger partial charge in [0.2, 0.25) is 11.1 Å². The van der Waals surface area contributed by atoms with E-state index in [0.29, 0.717) is 46.0 Å². The summed E-state index contributed by atoms with van der Waals surface area (Å²) in [5.41, 5.74) is 3.63. The van der Waals surface area contributed by atoms with Gasteiger partial charge in [0.15, 0.2) is 0 Å². The van der Waals surface area contributed by atoms with E-state index in [1.54, 1.807) is 16.8 Å². The van der Waals surface area contributed by atoms with Gasteiger partial charge in [-0.05, 0) is 67.5 Å². The molecule has 1 N–H and O–H groups in total. The second-order valence-electron chi connectivity index (χ2n) is 10.6. The van der Waals surface area contributed by atoms with Gasteiger partial charge in [0.1, 0.15) is 30.3 Å². The number of thioether (sulfide) groups is 1. The van der Waals surface area contributed by atoms with Gasteiger partial charge >= 0.3 is 5.97 Å². The van der Waals surface area contributed by atoms with Gasteiger partial charge in [0.25, 0.3) is 0 Å². The van der Waals surface area contributed by atoms with Crippen LogP contribution < -0.4 is 10.1 Å². The minimum atomic E-state index is -0.576. The molecule has 1 aliphatic heterocycles. The first-order valence-corrected chi connectivity index (χ1v) is 15.3. The van der Waals surface area contributed by atoms with Crippen molar-refractivity contribution < 1.29 is 18.7 Å². The third-order valence-corrected chi connectivity index (χ3v) is 8.50. The molecule has 42 heavy (non-hydrogen) atoms. The number of nitrogens with zero attached hydrogens (tertiary/aromatic N) is 3. The molecule has 1 saturated carbocycles. The number of nitrogens with one attached hydrogen (secondary N) is 1. The Kier molecular flexibility index (Phi) is 8.55. The molecular formula is C33H33FN4O3S. The number of esters is 1. The van der Waals surface area contributed by atoms with E-state index >= 15 is 0 Å². The maximum absolute atomic E-state index is 14.3. The van der Waals surface area contributed by atoms with Crippen molar-refractivity contribution in [1.29, 1.82) is 0 Å². The fraction of sp³-hybridized carbons (Fsp3) is 0.303. The van der Waals surface area contributed by atoms with Crippen LogP contribution in [0, 0.1) is 5.82 Å². The topological polar surface area (TPSA) is 78.3 Å². The highest BCUT2D eigenvalue weighted by Gasteiger charge is 2.36. The molecule has 2 aliphatic rings. The van der Waals surface area contributed by atoms with Gasteiger partial charge in [0, 0.05) is 11.4 Å². The molecule has 1 aliphatic carbocycles. The van der Waals surface area contributed by atoms with E-state index in [1.165, 1.54) is 24.2 Å². The van der Waals surface area contributed by atoms with E-state index < -0.39 is 6.04 Å². The van der Waals surface area contributed by atoms with Crippen LogP contribution in [0.2, 0.25) is 0 Å². The van der Waals surface area contributed by atoms with E-state index in [0.717, 1.165) is 36.8 Å².